The highest BCUT2D eigenvalue weighted by Gasteiger charge is 2.27. The van der Waals surface area contributed by atoms with Crippen LogP contribution in [0.5, 0.6) is 0 Å². The monoisotopic (exact) mass is 316 g/mol. The van der Waals surface area contributed by atoms with E-state index < -0.39 is 5.91 Å². The predicted octanol–water partition coefficient (Wildman–Crippen LogP) is 0.491. The molecule has 0 unspecified atom stereocenters. The number of fused-ring (bicyclic) bond motifs is 2. The molecular formula is C16H20N4O3. The zero-order chi connectivity index (χ0) is 16.4. The van der Waals surface area contributed by atoms with Gasteiger partial charge < -0.3 is 5.32 Å². The normalized spacial score (nSPS) is 16.0. The molecule has 3 amide bonds. The fourth-order valence-electron chi connectivity index (χ4n) is 3.05. The van der Waals surface area contributed by atoms with E-state index in [1.165, 1.54) is 29.4 Å². The van der Waals surface area contributed by atoms with Crippen LogP contribution >= 0.6 is 0 Å². The Morgan fingerprint density at radius 1 is 1.17 bits per heavy atom. The van der Waals surface area contributed by atoms with Crippen molar-refractivity contribution in [2.45, 2.75) is 32.6 Å². The molecule has 7 nitrogen and oxygen atoms in total. The molecule has 1 aliphatic heterocycles. The van der Waals surface area contributed by atoms with Gasteiger partial charge in [-0.1, -0.05) is 0 Å². The number of amides is 3. The lowest BCUT2D eigenvalue weighted by Gasteiger charge is -2.31. The number of benzene rings is 1. The standard InChI is InChI=1S/C16H20N4O3/c1-10(21)18-19-15(22)9-20-14-7-12-5-3-2-4-11(12)6-13(14)17-8-16(20)23/h6-7,17H,2-5,8-9H2,1H3,(H,18,21)(H,19,22). The smallest absolute Gasteiger partial charge is 0.258 e. The molecule has 3 N–H and O–H groups in total. The quantitative estimate of drug-likeness (QED) is 0.693. The number of hydrogen-bond acceptors (Lipinski definition) is 4. The summed E-state index contributed by atoms with van der Waals surface area (Å²) in [5.41, 5.74) is 8.71. The lowest BCUT2D eigenvalue weighted by Crippen LogP contribution is -2.49. The Balaban J connectivity index is 1.83. The Morgan fingerprint density at radius 3 is 2.57 bits per heavy atom. The van der Waals surface area contributed by atoms with E-state index in [2.05, 4.69) is 22.2 Å². The molecule has 1 aliphatic carbocycles. The number of carbonyl (C=O) groups excluding carboxylic acids is 3. The van der Waals surface area contributed by atoms with Gasteiger partial charge in [-0.05, 0) is 48.9 Å². The summed E-state index contributed by atoms with van der Waals surface area (Å²) < 4.78 is 0. The molecule has 0 aromatic heterocycles. The fourth-order valence-corrected chi connectivity index (χ4v) is 3.05. The number of hydrogen-bond donors (Lipinski definition) is 3. The van der Waals surface area contributed by atoms with E-state index in [9.17, 15) is 14.4 Å². The summed E-state index contributed by atoms with van der Waals surface area (Å²) in [5, 5.41) is 3.12. The first kappa shape index (κ1) is 15.3. The Hall–Kier alpha value is -2.57. The summed E-state index contributed by atoms with van der Waals surface area (Å²) >= 11 is 0. The third-order valence-electron chi connectivity index (χ3n) is 4.16. The summed E-state index contributed by atoms with van der Waals surface area (Å²) in [7, 11) is 0. The zero-order valence-corrected chi connectivity index (χ0v) is 13.1. The first-order valence-electron chi connectivity index (χ1n) is 7.80. The number of aryl methyl sites for hydroxylation is 2. The summed E-state index contributed by atoms with van der Waals surface area (Å²) in [4.78, 5) is 36.4. The molecule has 0 spiro atoms. The third kappa shape index (κ3) is 3.28. The Labute approximate surface area is 134 Å². The maximum absolute atomic E-state index is 12.2. The topological polar surface area (TPSA) is 90.5 Å². The summed E-state index contributed by atoms with van der Waals surface area (Å²) in [5.74, 6) is -0.954. The van der Waals surface area contributed by atoms with Crippen LogP contribution in [-0.4, -0.2) is 30.8 Å². The Morgan fingerprint density at radius 2 is 1.87 bits per heavy atom. The van der Waals surface area contributed by atoms with Gasteiger partial charge in [-0.2, -0.15) is 0 Å². The van der Waals surface area contributed by atoms with Gasteiger partial charge >= 0.3 is 0 Å². The number of nitrogens with zero attached hydrogens (tertiary/aromatic N) is 1. The lowest BCUT2D eigenvalue weighted by molar-refractivity contribution is -0.127. The van der Waals surface area contributed by atoms with Crippen LogP contribution in [0.2, 0.25) is 0 Å². The first-order chi connectivity index (χ1) is 11.0. The van der Waals surface area contributed by atoms with Crippen molar-refractivity contribution in [1.82, 2.24) is 10.9 Å². The average Bonchev–Trinajstić information content (AvgIpc) is 2.54. The number of nitrogens with one attached hydrogen (secondary N) is 3. The molecule has 0 bridgehead atoms. The maximum atomic E-state index is 12.2. The summed E-state index contributed by atoms with van der Waals surface area (Å²) in [6, 6.07) is 4.11. The van der Waals surface area contributed by atoms with E-state index in [4.69, 9.17) is 0 Å². The molecule has 1 heterocycles. The van der Waals surface area contributed by atoms with Gasteiger partial charge in [0.15, 0.2) is 0 Å². The molecule has 3 rings (SSSR count). The SMILES string of the molecule is CC(=O)NNC(=O)CN1C(=O)CNc2cc3c(cc21)CCCC3. The van der Waals surface area contributed by atoms with E-state index >= 15 is 0 Å². The van der Waals surface area contributed by atoms with Crippen molar-refractivity contribution in [3.8, 4) is 0 Å². The van der Waals surface area contributed by atoms with Crippen LogP contribution in [0.25, 0.3) is 0 Å². The molecule has 23 heavy (non-hydrogen) atoms. The number of anilines is 2. The van der Waals surface area contributed by atoms with E-state index in [-0.39, 0.29) is 24.9 Å². The minimum absolute atomic E-state index is 0.118. The Bertz CT molecular complexity index is 672. The van der Waals surface area contributed by atoms with Gasteiger partial charge in [0.1, 0.15) is 6.54 Å². The molecule has 7 heteroatoms. The molecule has 0 radical (unpaired) electrons. The number of hydrazine groups is 1. The molecular weight excluding hydrogens is 296 g/mol. The molecule has 2 aliphatic rings. The second-order valence-corrected chi connectivity index (χ2v) is 5.91. The van der Waals surface area contributed by atoms with Gasteiger partial charge in [0.05, 0.1) is 17.9 Å². The van der Waals surface area contributed by atoms with Gasteiger partial charge in [0.25, 0.3) is 5.91 Å². The highest BCUT2D eigenvalue weighted by atomic mass is 16.2. The molecule has 1 aromatic rings. The van der Waals surface area contributed by atoms with E-state index in [0.717, 1.165) is 30.6 Å². The number of rotatable bonds is 2. The van der Waals surface area contributed by atoms with Crippen LogP contribution in [0.4, 0.5) is 11.4 Å². The summed E-state index contributed by atoms with van der Waals surface area (Å²) in [6.07, 6.45) is 4.40. The van der Waals surface area contributed by atoms with Crippen molar-refractivity contribution in [3.63, 3.8) is 0 Å². The Kier molecular flexibility index (Phi) is 4.18. The molecule has 122 valence electrons. The van der Waals surface area contributed by atoms with Crippen molar-refractivity contribution in [2.75, 3.05) is 23.3 Å². The number of carbonyl (C=O) groups is 3. The van der Waals surface area contributed by atoms with E-state index in [0.29, 0.717) is 0 Å². The van der Waals surface area contributed by atoms with Crippen LogP contribution < -0.4 is 21.1 Å². The second-order valence-electron chi connectivity index (χ2n) is 5.91. The van der Waals surface area contributed by atoms with Crippen LogP contribution in [0, 0.1) is 0 Å². The van der Waals surface area contributed by atoms with Crippen LogP contribution in [0.15, 0.2) is 12.1 Å². The molecule has 1 aromatic carbocycles. The van der Waals surface area contributed by atoms with Crippen molar-refractivity contribution in [3.05, 3.63) is 23.3 Å². The average molecular weight is 316 g/mol. The lowest BCUT2D eigenvalue weighted by atomic mass is 9.90. The third-order valence-corrected chi connectivity index (χ3v) is 4.16. The minimum atomic E-state index is -0.431. The minimum Gasteiger partial charge on any atom is -0.374 e. The van der Waals surface area contributed by atoms with Gasteiger partial charge in [-0.3, -0.25) is 30.1 Å². The predicted molar refractivity (Wildman–Crippen MR) is 85.9 cm³/mol. The largest absolute Gasteiger partial charge is 0.374 e. The van der Waals surface area contributed by atoms with Gasteiger partial charge in [0.2, 0.25) is 11.8 Å². The van der Waals surface area contributed by atoms with Crippen LogP contribution in [0.1, 0.15) is 30.9 Å². The molecule has 0 atom stereocenters. The zero-order valence-electron chi connectivity index (χ0n) is 13.1. The first-order valence-corrected chi connectivity index (χ1v) is 7.80. The highest BCUT2D eigenvalue weighted by Crippen LogP contribution is 2.35. The highest BCUT2D eigenvalue weighted by molar-refractivity contribution is 6.06. The second kappa shape index (κ2) is 6.28. The maximum Gasteiger partial charge on any atom is 0.258 e. The molecule has 0 saturated heterocycles. The van der Waals surface area contributed by atoms with Crippen molar-refractivity contribution in [2.24, 2.45) is 0 Å². The van der Waals surface area contributed by atoms with Crippen LogP contribution in [0.3, 0.4) is 0 Å². The molecule has 0 saturated carbocycles. The summed E-state index contributed by atoms with van der Waals surface area (Å²) in [6.45, 7) is 1.35. The van der Waals surface area contributed by atoms with Crippen molar-refractivity contribution >= 4 is 29.1 Å². The van der Waals surface area contributed by atoms with E-state index in [1.54, 1.807) is 0 Å². The molecule has 0 fully saturated rings. The van der Waals surface area contributed by atoms with Gasteiger partial charge in [0, 0.05) is 6.92 Å². The van der Waals surface area contributed by atoms with Crippen molar-refractivity contribution in [1.29, 1.82) is 0 Å². The van der Waals surface area contributed by atoms with E-state index in [1.807, 2.05) is 6.07 Å². The van der Waals surface area contributed by atoms with Gasteiger partial charge in [-0.25, -0.2) is 0 Å². The fraction of sp³-hybridized carbons (Fsp3) is 0.438. The van der Waals surface area contributed by atoms with Gasteiger partial charge in [-0.15, -0.1) is 0 Å². The van der Waals surface area contributed by atoms with Crippen molar-refractivity contribution < 1.29 is 14.4 Å². The van der Waals surface area contributed by atoms with Crippen LogP contribution in [-0.2, 0) is 27.2 Å².